The maximum absolute atomic E-state index is 16.6. The zero-order valence-electron chi connectivity index (χ0n) is 28.3. The third-order valence-corrected chi connectivity index (χ3v) is 13.5. The molecule has 0 aromatic heterocycles. The SMILES string of the molecule is C[C@H]1[C@H]([Si](C)(C)F)[C@@H](CC(=O)N2Cc3ccccc3C[C@H]2CO)O[C@]12C(=O)N(c1ccccc1)c1ccc(NC(=O)C3CCCNC3)cc12. The fraction of sp³-hybridized carbons (Fsp3) is 0.447. The molecule has 9 nitrogen and oxygen atoms in total. The Morgan fingerprint density at radius 2 is 1.82 bits per heavy atom. The molecule has 258 valence electrons. The highest BCUT2D eigenvalue weighted by Crippen LogP contribution is 2.61. The predicted molar refractivity (Wildman–Crippen MR) is 188 cm³/mol. The van der Waals surface area contributed by atoms with Crippen molar-refractivity contribution >= 4 is 43.2 Å². The first-order valence-corrected chi connectivity index (χ1v) is 20.4. The fourth-order valence-electron chi connectivity index (χ4n) is 8.74. The van der Waals surface area contributed by atoms with Crippen LogP contribution in [0.25, 0.3) is 0 Å². The zero-order valence-corrected chi connectivity index (χ0v) is 29.3. The molecule has 0 radical (unpaired) electrons. The Morgan fingerprint density at radius 1 is 1.08 bits per heavy atom. The minimum atomic E-state index is -3.55. The molecule has 7 rings (SSSR count). The van der Waals surface area contributed by atoms with Gasteiger partial charge in [-0.2, -0.15) is 0 Å². The second-order valence-corrected chi connectivity index (χ2v) is 18.3. The number of halogens is 1. The number of amides is 3. The van der Waals surface area contributed by atoms with Crippen LogP contribution >= 0.6 is 0 Å². The summed E-state index contributed by atoms with van der Waals surface area (Å²) in [6, 6.07) is 22.2. The van der Waals surface area contributed by atoms with Crippen molar-refractivity contribution in [3.63, 3.8) is 0 Å². The summed E-state index contributed by atoms with van der Waals surface area (Å²) in [6.45, 7) is 6.75. The van der Waals surface area contributed by atoms with E-state index in [9.17, 15) is 19.5 Å². The van der Waals surface area contributed by atoms with E-state index in [1.807, 2.05) is 67.6 Å². The van der Waals surface area contributed by atoms with E-state index in [-0.39, 0.29) is 36.7 Å². The molecule has 3 aromatic carbocycles. The maximum Gasteiger partial charge on any atom is 0.268 e. The number of piperidine rings is 1. The number of nitrogens with zero attached hydrogens (tertiary/aromatic N) is 2. The fourth-order valence-corrected chi connectivity index (χ4v) is 11.2. The van der Waals surface area contributed by atoms with E-state index in [4.69, 9.17) is 4.74 Å². The van der Waals surface area contributed by atoms with Gasteiger partial charge in [0, 0.05) is 41.5 Å². The van der Waals surface area contributed by atoms with Crippen LogP contribution in [0.1, 0.15) is 42.9 Å². The Bertz CT molecular complexity index is 1750. The van der Waals surface area contributed by atoms with Gasteiger partial charge in [0.15, 0.2) is 5.60 Å². The molecule has 3 aromatic rings. The number of carbonyl (C=O) groups is 3. The van der Waals surface area contributed by atoms with Crippen molar-refractivity contribution in [3.05, 3.63) is 89.5 Å². The number of hydrogen-bond acceptors (Lipinski definition) is 6. The number of aliphatic hydroxyl groups is 1. The van der Waals surface area contributed by atoms with E-state index in [2.05, 4.69) is 10.6 Å². The van der Waals surface area contributed by atoms with Gasteiger partial charge in [-0.05, 0) is 80.4 Å². The van der Waals surface area contributed by atoms with Crippen molar-refractivity contribution in [2.75, 3.05) is 29.9 Å². The van der Waals surface area contributed by atoms with Gasteiger partial charge in [0.05, 0.1) is 36.8 Å². The number of carbonyl (C=O) groups excluding carboxylic acids is 3. The number of benzene rings is 3. The summed E-state index contributed by atoms with van der Waals surface area (Å²) < 4.78 is 23.4. The van der Waals surface area contributed by atoms with Gasteiger partial charge in [-0.3, -0.25) is 19.3 Å². The first-order valence-electron chi connectivity index (χ1n) is 17.4. The van der Waals surface area contributed by atoms with Gasteiger partial charge in [-0.15, -0.1) is 0 Å². The molecule has 4 aliphatic rings. The zero-order chi connectivity index (χ0) is 34.5. The average Bonchev–Trinajstić information content (AvgIpc) is 3.54. The van der Waals surface area contributed by atoms with Crippen molar-refractivity contribution in [2.45, 2.75) is 75.5 Å². The largest absolute Gasteiger partial charge is 0.394 e. The van der Waals surface area contributed by atoms with Crippen LogP contribution in [0.2, 0.25) is 18.6 Å². The van der Waals surface area contributed by atoms with Crippen LogP contribution in [0.4, 0.5) is 21.2 Å². The number of hydrogen-bond donors (Lipinski definition) is 3. The smallest absolute Gasteiger partial charge is 0.268 e. The summed E-state index contributed by atoms with van der Waals surface area (Å²) in [4.78, 5) is 45.6. The summed E-state index contributed by atoms with van der Waals surface area (Å²) in [5.74, 6) is -1.44. The number of anilines is 3. The lowest BCUT2D eigenvalue weighted by atomic mass is 9.82. The molecule has 0 aliphatic carbocycles. The number of para-hydroxylation sites is 1. The molecule has 1 unspecified atom stereocenters. The Kier molecular flexibility index (Phi) is 8.97. The number of ether oxygens (including phenoxy) is 1. The van der Waals surface area contributed by atoms with Crippen LogP contribution < -0.4 is 15.5 Å². The molecule has 2 fully saturated rings. The number of fused-ring (bicyclic) bond motifs is 3. The molecule has 4 heterocycles. The van der Waals surface area contributed by atoms with Crippen LogP contribution in [0, 0.1) is 11.8 Å². The summed E-state index contributed by atoms with van der Waals surface area (Å²) in [5, 5.41) is 16.6. The Balaban J connectivity index is 1.26. The van der Waals surface area contributed by atoms with Crippen LogP contribution in [-0.4, -0.2) is 68.0 Å². The summed E-state index contributed by atoms with van der Waals surface area (Å²) in [5.41, 5.74) is 2.22. The minimum Gasteiger partial charge on any atom is -0.394 e. The van der Waals surface area contributed by atoms with Gasteiger partial charge in [-0.1, -0.05) is 49.4 Å². The van der Waals surface area contributed by atoms with E-state index in [1.54, 1.807) is 35.0 Å². The standard InChI is InChI=1S/C38H45FN4O5Si/c1-24-35(49(2,3)39)33(20-34(45)42-22-27-11-8-7-10-25(27)18-30(42)23-44)48-38(24)31-19-28(41-36(46)26-12-9-17-40-21-26)15-16-32(31)43(37(38)47)29-13-5-4-6-14-29/h4-8,10-11,13-16,19,24,26,30,33,35,40,44H,9,12,17-18,20-23H2,1-3H3,(H,41,46)/t24-,26?,30-,33+,35-,38+/m0/s1. The van der Waals surface area contributed by atoms with Crippen molar-refractivity contribution < 1.29 is 28.3 Å². The highest BCUT2D eigenvalue weighted by atomic mass is 28.4. The minimum absolute atomic E-state index is 0.0916. The molecule has 4 aliphatic heterocycles. The third kappa shape index (κ3) is 5.90. The molecular formula is C38H45FN4O5Si. The van der Waals surface area contributed by atoms with E-state index >= 15 is 4.11 Å². The number of rotatable bonds is 7. The average molecular weight is 685 g/mol. The van der Waals surface area contributed by atoms with Gasteiger partial charge in [0.2, 0.25) is 20.2 Å². The normalized spacial score (nSPS) is 28.0. The van der Waals surface area contributed by atoms with Gasteiger partial charge >= 0.3 is 0 Å². The number of nitrogens with one attached hydrogen (secondary N) is 2. The summed E-state index contributed by atoms with van der Waals surface area (Å²) in [6.07, 6.45) is 1.26. The number of aliphatic hydroxyl groups excluding tert-OH is 1. The summed E-state index contributed by atoms with van der Waals surface area (Å²) in [7, 11) is -3.55. The van der Waals surface area contributed by atoms with Gasteiger partial charge in [0.1, 0.15) is 0 Å². The van der Waals surface area contributed by atoms with Gasteiger partial charge in [0.25, 0.3) is 5.91 Å². The molecule has 0 bridgehead atoms. The van der Waals surface area contributed by atoms with Crippen molar-refractivity contribution in [1.82, 2.24) is 10.2 Å². The lowest BCUT2D eigenvalue weighted by Crippen LogP contribution is -2.48. The monoisotopic (exact) mass is 684 g/mol. The van der Waals surface area contributed by atoms with Crippen LogP contribution in [0.5, 0.6) is 0 Å². The van der Waals surface area contributed by atoms with E-state index in [0.29, 0.717) is 42.1 Å². The topological polar surface area (TPSA) is 111 Å². The maximum atomic E-state index is 16.6. The lowest BCUT2D eigenvalue weighted by Gasteiger charge is -2.37. The van der Waals surface area contributed by atoms with Crippen molar-refractivity contribution in [1.29, 1.82) is 0 Å². The van der Waals surface area contributed by atoms with Crippen LogP contribution in [-0.2, 0) is 37.7 Å². The molecule has 2 saturated heterocycles. The Morgan fingerprint density at radius 3 is 2.51 bits per heavy atom. The third-order valence-electron chi connectivity index (χ3n) is 11.1. The highest BCUT2D eigenvalue weighted by molar-refractivity contribution is 6.72. The quantitative estimate of drug-likeness (QED) is 0.227. The Hall–Kier alpha value is -3.90. The molecule has 3 amide bonds. The van der Waals surface area contributed by atoms with Gasteiger partial charge < -0.3 is 29.5 Å². The summed E-state index contributed by atoms with van der Waals surface area (Å²) >= 11 is 0. The first-order chi connectivity index (χ1) is 23.5. The van der Waals surface area contributed by atoms with Crippen molar-refractivity contribution in [3.8, 4) is 0 Å². The second-order valence-electron chi connectivity index (χ2n) is 14.5. The predicted octanol–water partition coefficient (Wildman–Crippen LogP) is 5.41. The second kappa shape index (κ2) is 13.1. The highest BCUT2D eigenvalue weighted by Gasteiger charge is 2.67. The Labute approximate surface area is 288 Å². The van der Waals surface area contributed by atoms with E-state index in [1.165, 1.54) is 0 Å². The van der Waals surface area contributed by atoms with Crippen molar-refractivity contribution in [2.24, 2.45) is 11.8 Å². The lowest BCUT2D eigenvalue weighted by molar-refractivity contribution is -0.150. The molecule has 3 N–H and O–H groups in total. The van der Waals surface area contributed by atoms with Crippen LogP contribution in [0.15, 0.2) is 72.8 Å². The molecule has 1 spiro atoms. The molecule has 11 heteroatoms. The van der Waals surface area contributed by atoms with E-state index < -0.39 is 37.6 Å². The molecule has 49 heavy (non-hydrogen) atoms. The van der Waals surface area contributed by atoms with Gasteiger partial charge in [-0.25, -0.2) is 0 Å². The van der Waals surface area contributed by atoms with E-state index in [0.717, 1.165) is 30.5 Å². The van der Waals surface area contributed by atoms with Crippen LogP contribution in [0.3, 0.4) is 0 Å². The first kappa shape index (κ1) is 33.6. The molecule has 6 atom stereocenters. The molecular weight excluding hydrogens is 640 g/mol. The molecule has 0 saturated carbocycles.